The molecule has 1 aliphatic heterocycles. The van der Waals surface area contributed by atoms with E-state index in [1.165, 1.54) is 6.42 Å². The molecule has 2 rings (SSSR count). The molecule has 1 saturated heterocycles. The molecule has 1 aliphatic carbocycles. The number of hydrogen-bond donors (Lipinski definition) is 1. The van der Waals surface area contributed by atoms with E-state index < -0.39 is 5.54 Å². The third-order valence-corrected chi connectivity index (χ3v) is 4.60. The Morgan fingerprint density at radius 2 is 1.74 bits per heavy atom. The molecule has 4 nitrogen and oxygen atoms in total. The average Bonchev–Trinajstić information content (AvgIpc) is 2.84. The van der Waals surface area contributed by atoms with Crippen LogP contribution in [0.5, 0.6) is 0 Å². The quantitative estimate of drug-likeness (QED) is 0.838. The summed E-state index contributed by atoms with van der Waals surface area (Å²) in [4.78, 5) is 16.9. The third kappa shape index (κ3) is 3.69. The van der Waals surface area contributed by atoms with Crippen molar-refractivity contribution >= 4 is 5.91 Å². The molecule has 1 saturated carbocycles. The molecule has 4 heteroatoms. The molecule has 0 aromatic carbocycles. The molecule has 1 amide bonds. The number of carbonyl (C=O) groups excluding carboxylic acids is 1. The first-order chi connectivity index (χ1) is 9.01. The van der Waals surface area contributed by atoms with Crippen molar-refractivity contribution in [3.8, 4) is 0 Å². The van der Waals surface area contributed by atoms with Gasteiger partial charge < -0.3 is 10.6 Å². The lowest BCUT2D eigenvalue weighted by Gasteiger charge is -2.38. The van der Waals surface area contributed by atoms with Crippen LogP contribution in [0, 0.1) is 5.92 Å². The zero-order valence-electron chi connectivity index (χ0n) is 12.5. The van der Waals surface area contributed by atoms with Gasteiger partial charge in [-0.3, -0.25) is 9.69 Å². The van der Waals surface area contributed by atoms with Crippen molar-refractivity contribution in [3.63, 3.8) is 0 Å². The van der Waals surface area contributed by atoms with Gasteiger partial charge in [0.2, 0.25) is 5.91 Å². The molecule has 2 aliphatic rings. The molecule has 110 valence electrons. The normalized spacial score (nSPS) is 24.1. The maximum absolute atomic E-state index is 12.5. The minimum absolute atomic E-state index is 0.202. The lowest BCUT2D eigenvalue weighted by molar-refractivity contribution is -0.138. The smallest absolute Gasteiger partial charge is 0.242 e. The fourth-order valence-corrected chi connectivity index (χ4v) is 3.15. The second-order valence-corrected chi connectivity index (χ2v) is 6.68. The standard InChI is InChI=1S/C15H29N3O/c1-13(2)5-8-17-9-11-18(12-10-17)14(19)15(16)6-3-4-7-15/h13H,3-12,16H2,1-2H3. The summed E-state index contributed by atoms with van der Waals surface area (Å²) in [5, 5.41) is 0. The lowest BCUT2D eigenvalue weighted by Crippen LogP contribution is -2.58. The lowest BCUT2D eigenvalue weighted by atomic mass is 9.97. The molecular formula is C15H29N3O. The molecule has 1 heterocycles. The van der Waals surface area contributed by atoms with E-state index in [1.807, 2.05) is 4.90 Å². The first-order valence-electron chi connectivity index (χ1n) is 7.82. The van der Waals surface area contributed by atoms with E-state index in [9.17, 15) is 4.79 Å². The average molecular weight is 267 g/mol. The summed E-state index contributed by atoms with van der Waals surface area (Å²) in [5.74, 6) is 0.957. The maximum Gasteiger partial charge on any atom is 0.242 e. The van der Waals surface area contributed by atoms with Gasteiger partial charge in [-0.05, 0) is 31.7 Å². The molecule has 0 bridgehead atoms. The number of piperazine rings is 1. The SMILES string of the molecule is CC(C)CCN1CCN(C(=O)C2(N)CCCC2)CC1. The maximum atomic E-state index is 12.5. The van der Waals surface area contributed by atoms with Gasteiger partial charge in [-0.15, -0.1) is 0 Å². The number of amides is 1. The fourth-order valence-electron chi connectivity index (χ4n) is 3.15. The van der Waals surface area contributed by atoms with Crippen LogP contribution >= 0.6 is 0 Å². The minimum atomic E-state index is -0.542. The monoisotopic (exact) mass is 267 g/mol. The van der Waals surface area contributed by atoms with E-state index in [2.05, 4.69) is 18.7 Å². The highest BCUT2D eigenvalue weighted by atomic mass is 16.2. The van der Waals surface area contributed by atoms with Crippen molar-refractivity contribution in [2.75, 3.05) is 32.7 Å². The highest BCUT2D eigenvalue weighted by Gasteiger charge is 2.40. The Labute approximate surface area is 117 Å². The van der Waals surface area contributed by atoms with Crippen LogP contribution in [0.1, 0.15) is 46.0 Å². The second kappa shape index (κ2) is 6.23. The van der Waals surface area contributed by atoms with Gasteiger partial charge in [-0.1, -0.05) is 26.7 Å². The highest BCUT2D eigenvalue weighted by molar-refractivity contribution is 5.86. The Hall–Kier alpha value is -0.610. The summed E-state index contributed by atoms with van der Waals surface area (Å²) < 4.78 is 0. The van der Waals surface area contributed by atoms with Crippen molar-refractivity contribution in [1.82, 2.24) is 9.80 Å². The first kappa shape index (κ1) is 14.8. The van der Waals surface area contributed by atoms with E-state index in [4.69, 9.17) is 5.73 Å². The summed E-state index contributed by atoms with van der Waals surface area (Å²) >= 11 is 0. The van der Waals surface area contributed by atoms with Crippen LogP contribution in [0.2, 0.25) is 0 Å². The summed E-state index contributed by atoms with van der Waals surface area (Å²) in [7, 11) is 0. The number of rotatable bonds is 4. The van der Waals surface area contributed by atoms with Crippen molar-refractivity contribution in [2.24, 2.45) is 11.7 Å². The van der Waals surface area contributed by atoms with E-state index in [-0.39, 0.29) is 5.91 Å². The summed E-state index contributed by atoms with van der Waals surface area (Å²) in [6.45, 7) is 9.42. The van der Waals surface area contributed by atoms with Crippen LogP contribution in [0.25, 0.3) is 0 Å². The largest absolute Gasteiger partial charge is 0.339 e. The Balaban J connectivity index is 1.78. The molecule has 0 aromatic heterocycles. The molecule has 0 radical (unpaired) electrons. The molecule has 0 atom stereocenters. The number of carbonyl (C=O) groups is 1. The van der Waals surface area contributed by atoms with Crippen LogP contribution in [0.4, 0.5) is 0 Å². The predicted octanol–water partition coefficient (Wildman–Crippen LogP) is 1.45. The highest BCUT2D eigenvalue weighted by Crippen LogP contribution is 2.29. The van der Waals surface area contributed by atoms with E-state index >= 15 is 0 Å². The molecule has 19 heavy (non-hydrogen) atoms. The number of hydrogen-bond acceptors (Lipinski definition) is 3. The minimum Gasteiger partial charge on any atom is -0.339 e. The first-order valence-corrected chi connectivity index (χ1v) is 7.82. The van der Waals surface area contributed by atoms with Gasteiger partial charge in [0.05, 0.1) is 5.54 Å². The summed E-state index contributed by atoms with van der Waals surface area (Å²) in [6, 6.07) is 0. The molecule has 2 fully saturated rings. The Kier molecular flexibility index (Phi) is 4.85. The Morgan fingerprint density at radius 3 is 2.26 bits per heavy atom. The Morgan fingerprint density at radius 1 is 1.16 bits per heavy atom. The summed E-state index contributed by atoms with van der Waals surface area (Å²) in [6.07, 6.45) is 5.21. The zero-order valence-corrected chi connectivity index (χ0v) is 12.5. The third-order valence-electron chi connectivity index (χ3n) is 4.60. The van der Waals surface area contributed by atoms with Crippen molar-refractivity contribution in [1.29, 1.82) is 0 Å². The van der Waals surface area contributed by atoms with E-state index in [1.54, 1.807) is 0 Å². The molecule has 0 spiro atoms. The van der Waals surface area contributed by atoms with Crippen LogP contribution in [-0.2, 0) is 4.79 Å². The van der Waals surface area contributed by atoms with Gasteiger partial charge in [-0.2, -0.15) is 0 Å². The van der Waals surface area contributed by atoms with E-state index in [0.717, 1.165) is 64.3 Å². The zero-order chi connectivity index (χ0) is 13.9. The molecule has 0 unspecified atom stereocenters. The van der Waals surface area contributed by atoms with Gasteiger partial charge in [0, 0.05) is 26.2 Å². The predicted molar refractivity (Wildman–Crippen MR) is 77.9 cm³/mol. The molecular weight excluding hydrogens is 238 g/mol. The number of nitrogens with two attached hydrogens (primary N) is 1. The van der Waals surface area contributed by atoms with Crippen molar-refractivity contribution in [2.45, 2.75) is 51.5 Å². The van der Waals surface area contributed by atoms with Crippen LogP contribution in [0.15, 0.2) is 0 Å². The van der Waals surface area contributed by atoms with Gasteiger partial charge >= 0.3 is 0 Å². The van der Waals surface area contributed by atoms with Crippen molar-refractivity contribution in [3.05, 3.63) is 0 Å². The second-order valence-electron chi connectivity index (χ2n) is 6.68. The van der Waals surface area contributed by atoms with Gasteiger partial charge in [0.1, 0.15) is 0 Å². The van der Waals surface area contributed by atoms with Crippen LogP contribution in [0.3, 0.4) is 0 Å². The summed E-state index contributed by atoms with van der Waals surface area (Å²) in [5.41, 5.74) is 5.72. The fraction of sp³-hybridized carbons (Fsp3) is 0.933. The van der Waals surface area contributed by atoms with Gasteiger partial charge in [0.25, 0.3) is 0 Å². The van der Waals surface area contributed by atoms with Crippen LogP contribution in [-0.4, -0.2) is 54.0 Å². The number of nitrogens with zero attached hydrogens (tertiary/aromatic N) is 2. The molecule has 0 aromatic rings. The van der Waals surface area contributed by atoms with Crippen LogP contribution < -0.4 is 5.73 Å². The van der Waals surface area contributed by atoms with Crippen molar-refractivity contribution < 1.29 is 4.79 Å². The van der Waals surface area contributed by atoms with Gasteiger partial charge in [0.15, 0.2) is 0 Å². The van der Waals surface area contributed by atoms with Gasteiger partial charge in [-0.25, -0.2) is 0 Å². The Bertz CT molecular complexity index is 303. The molecule has 2 N–H and O–H groups in total. The topological polar surface area (TPSA) is 49.6 Å². The van der Waals surface area contributed by atoms with E-state index in [0.29, 0.717) is 0 Å².